The number of rotatable bonds is 3. The van der Waals surface area contributed by atoms with Gasteiger partial charge in [-0.2, -0.15) is 5.10 Å². The Morgan fingerprint density at radius 3 is 2.50 bits per heavy atom. The van der Waals surface area contributed by atoms with Gasteiger partial charge in [0.05, 0.1) is 16.4 Å². The average molecular weight is 217 g/mol. The number of carboxylic acid groups (broad SMARTS) is 1. The Kier molecular flexibility index (Phi) is 3.16. The number of aryl methyl sites for hydroxylation is 1. The van der Waals surface area contributed by atoms with Gasteiger partial charge in [-0.1, -0.05) is 18.5 Å². The Hall–Kier alpha value is -1.03. The van der Waals surface area contributed by atoms with Crippen molar-refractivity contribution < 1.29 is 9.90 Å². The highest BCUT2D eigenvalue weighted by atomic mass is 35.5. The molecule has 78 valence electrons. The summed E-state index contributed by atoms with van der Waals surface area (Å²) >= 11 is 5.93. The van der Waals surface area contributed by atoms with Crippen molar-refractivity contribution in [3.05, 3.63) is 16.4 Å². The van der Waals surface area contributed by atoms with Gasteiger partial charge in [0.1, 0.15) is 6.04 Å². The number of hydrogen-bond donors (Lipinski definition) is 1. The zero-order valence-electron chi connectivity index (χ0n) is 8.41. The first-order chi connectivity index (χ1) is 6.49. The molecule has 0 spiro atoms. The fraction of sp³-hybridized carbons (Fsp3) is 0.556. The van der Waals surface area contributed by atoms with Crippen LogP contribution in [0.1, 0.15) is 30.8 Å². The van der Waals surface area contributed by atoms with Crippen molar-refractivity contribution in [1.29, 1.82) is 0 Å². The lowest BCUT2D eigenvalue weighted by Crippen LogP contribution is -2.20. The lowest BCUT2D eigenvalue weighted by Gasteiger charge is -2.11. The quantitative estimate of drug-likeness (QED) is 0.843. The second kappa shape index (κ2) is 4.00. The van der Waals surface area contributed by atoms with Gasteiger partial charge in [-0.25, -0.2) is 4.79 Å². The zero-order valence-corrected chi connectivity index (χ0v) is 9.17. The Bertz CT molecular complexity index is 360. The number of nitrogens with zero attached hydrogens (tertiary/aromatic N) is 2. The summed E-state index contributed by atoms with van der Waals surface area (Å²) in [6.45, 7) is 5.34. The van der Waals surface area contributed by atoms with E-state index in [0.29, 0.717) is 22.8 Å². The summed E-state index contributed by atoms with van der Waals surface area (Å²) < 4.78 is 1.47. The highest BCUT2D eigenvalue weighted by Gasteiger charge is 2.22. The molecule has 1 aromatic rings. The van der Waals surface area contributed by atoms with Crippen LogP contribution in [-0.2, 0) is 4.79 Å². The monoisotopic (exact) mass is 216 g/mol. The molecule has 0 fully saturated rings. The van der Waals surface area contributed by atoms with Crippen molar-refractivity contribution in [1.82, 2.24) is 9.78 Å². The predicted octanol–water partition coefficient (Wildman–Crippen LogP) is 2.19. The molecule has 14 heavy (non-hydrogen) atoms. The molecule has 5 heteroatoms. The van der Waals surface area contributed by atoms with E-state index < -0.39 is 12.0 Å². The van der Waals surface area contributed by atoms with Crippen LogP contribution < -0.4 is 0 Å². The molecular weight excluding hydrogens is 204 g/mol. The summed E-state index contributed by atoms with van der Waals surface area (Å²) in [6, 6.07) is -0.624. The van der Waals surface area contributed by atoms with E-state index >= 15 is 0 Å². The van der Waals surface area contributed by atoms with Crippen molar-refractivity contribution in [2.75, 3.05) is 0 Å². The first-order valence-electron chi connectivity index (χ1n) is 4.43. The van der Waals surface area contributed by atoms with E-state index in [1.165, 1.54) is 4.68 Å². The molecule has 0 aliphatic heterocycles. The molecule has 0 aliphatic rings. The fourth-order valence-electron chi connectivity index (χ4n) is 1.40. The van der Waals surface area contributed by atoms with Gasteiger partial charge in [-0.05, 0) is 20.3 Å². The van der Waals surface area contributed by atoms with Crippen LogP contribution in [0.5, 0.6) is 0 Å². The van der Waals surface area contributed by atoms with Gasteiger partial charge in [0.2, 0.25) is 0 Å². The van der Waals surface area contributed by atoms with E-state index in [9.17, 15) is 4.79 Å². The molecule has 0 saturated heterocycles. The fourth-order valence-corrected chi connectivity index (χ4v) is 1.52. The van der Waals surface area contributed by atoms with Gasteiger partial charge in [0.15, 0.2) is 0 Å². The molecule has 1 rings (SSSR count). The van der Waals surface area contributed by atoms with Gasteiger partial charge in [0.25, 0.3) is 0 Å². The van der Waals surface area contributed by atoms with Crippen LogP contribution in [0, 0.1) is 13.8 Å². The summed E-state index contributed by atoms with van der Waals surface area (Å²) in [6.07, 6.45) is 0.494. The molecule has 4 nitrogen and oxygen atoms in total. The van der Waals surface area contributed by atoms with Crippen molar-refractivity contribution in [2.45, 2.75) is 33.2 Å². The Morgan fingerprint density at radius 2 is 2.21 bits per heavy atom. The summed E-state index contributed by atoms with van der Waals surface area (Å²) in [5.41, 5.74) is 1.38. The number of hydrogen-bond acceptors (Lipinski definition) is 2. The molecule has 1 aromatic heterocycles. The van der Waals surface area contributed by atoms with Crippen LogP contribution in [0.3, 0.4) is 0 Å². The van der Waals surface area contributed by atoms with E-state index in [-0.39, 0.29) is 0 Å². The highest BCUT2D eigenvalue weighted by molar-refractivity contribution is 6.31. The van der Waals surface area contributed by atoms with Crippen LogP contribution in [-0.4, -0.2) is 20.9 Å². The number of carbonyl (C=O) groups is 1. The normalized spacial score (nSPS) is 12.9. The number of aliphatic carboxylic acids is 1. The number of halogens is 1. The topological polar surface area (TPSA) is 55.1 Å². The highest BCUT2D eigenvalue weighted by Crippen LogP contribution is 2.23. The third kappa shape index (κ3) is 1.75. The third-order valence-corrected chi connectivity index (χ3v) is 2.75. The van der Waals surface area contributed by atoms with Crippen molar-refractivity contribution in [3.63, 3.8) is 0 Å². The number of aromatic nitrogens is 2. The lowest BCUT2D eigenvalue weighted by atomic mass is 10.2. The van der Waals surface area contributed by atoms with Crippen molar-refractivity contribution in [2.24, 2.45) is 0 Å². The Balaban J connectivity index is 3.17. The predicted molar refractivity (Wildman–Crippen MR) is 53.7 cm³/mol. The second-order valence-electron chi connectivity index (χ2n) is 3.19. The van der Waals surface area contributed by atoms with E-state index in [4.69, 9.17) is 16.7 Å². The van der Waals surface area contributed by atoms with Crippen LogP contribution in [0.2, 0.25) is 5.02 Å². The van der Waals surface area contributed by atoms with E-state index in [0.717, 1.165) is 0 Å². The Morgan fingerprint density at radius 1 is 1.64 bits per heavy atom. The summed E-state index contributed by atoms with van der Waals surface area (Å²) in [7, 11) is 0. The molecule has 0 aliphatic carbocycles. The van der Waals surface area contributed by atoms with E-state index in [1.807, 2.05) is 6.92 Å². The van der Waals surface area contributed by atoms with Gasteiger partial charge < -0.3 is 5.11 Å². The number of carboxylic acids is 1. The minimum Gasteiger partial charge on any atom is -0.480 e. The first-order valence-corrected chi connectivity index (χ1v) is 4.80. The first kappa shape index (κ1) is 11.0. The SMILES string of the molecule is CCC(C(=O)O)n1nc(C)c(Cl)c1C. The maximum Gasteiger partial charge on any atom is 0.328 e. The molecule has 0 amide bonds. The van der Waals surface area contributed by atoms with Gasteiger partial charge in [-0.3, -0.25) is 4.68 Å². The van der Waals surface area contributed by atoms with E-state index in [2.05, 4.69) is 5.10 Å². The molecule has 1 atom stereocenters. The van der Waals surface area contributed by atoms with Gasteiger partial charge in [-0.15, -0.1) is 0 Å². The summed E-state index contributed by atoms with van der Waals surface area (Å²) in [4.78, 5) is 10.9. The Labute approximate surface area is 87.5 Å². The molecule has 0 bridgehead atoms. The minimum atomic E-state index is -0.880. The van der Waals surface area contributed by atoms with Gasteiger partial charge >= 0.3 is 5.97 Å². The molecule has 0 saturated carbocycles. The standard InChI is InChI=1S/C9H13ClN2O2/c1-4-7(9(13)14)12-6(3)8(10)5(2)11-12/h7H,4H2,1-3H3,(H,13,14). The zero-order chi connectivity index (χ0) is 10.9. The summed E-state index contributed by atoms with van der Waals surface area (Å²) in [5, 5.41) is 13.6. The molecule has 1 N–H and O–H groups in total. The smallest absolute Gasteiger partial charge is 0.328 e. The van der Waals surface area contributed by atoms with E-state index in [1.54, 1.807) is 13.8 Å². The average Bonchev–Trinajstić information content (AvgIpc) is 2.35. The maximum absolute atomic E-state index is 10.9. The van der Waals surface area contributed by atoms with Crippen LogP contribution >= 0.6 is 11.6 Å². The molecule has 0 radical (unpaired) electrons. The largest absolute Gasteiger partial charge is 0.480 e. The lowest BCUT2D eigenvalue weighted by molar-refractivity contribution is -0.141. The maximum atomic E-state index is 10.9. The molecule has 1 unspecified atom stereocenters. The second-order valence-corrected chi connectivity index (χ2v) is 3.57. The van der Waals surface area contributed by atoms with Crippen LogP contribution in [0.25, 0.3) is 0 Å². The minimum absolute atomic E-state index is 0.494. The molecule has 0 aromatic carbocycles. The molecular formula is C9H13ClN2O2. The van der Waals surface area contributed by atoms with Crippen molar-refractivity contribution >= 4 is 17.6 Å². The molecule has 1 heterocycles. The van der Waals surface area contributed by atoms with Crippen LogP contribution in [0.4, 0.5) is 0 Å². The summed E-state index contributed by atoms with van der Waals surface area (Å²) in [5.74, 6) is -0.880. The third-order valence-electron chi connectivity index (χ3n) is 2.20. The van der Waals surface area contributed by atoms with Gasteiger partial charge in [0, 0.05) is 0 Å². The van der Waals surface area contributed by atoms with Crippen LogP contribution in [0.15, 0.2) is 0 Å². The van der Waals surface area contributed by atoms with Crippen molar-refractivity contribution in [3.8, 4) is 0 Å².